The van der Waals surface area contributed by atoms with Gasteiger partial charge in [-0.25, -0.2) is 4.79 Å². The van der Waals surface area contributed by atoms with Crippen molar-refractivity contribution in [2.75, 3.05) is 19.5 Å². The summed E-state index contributed by atoms with van der Waals surface area (Å²) in [5.74, 6) is -0.275. The number of aryl methyl sites for hydroxylation is 1. The van der Waals surface area contributed by atoms with Gasteiger partial charge in [-0.1, -0.05) is 29.3 Å². The van der Waals surface area contributed by atoms with E-state index in [1.807, 2.05) is 0 Å². The monoisotopic (exact) mass is 381 g/mol. The van der Waals surface area contributed by atoms with Crippen molar-refractivity contribution in [1.29, 1.82) is 0 Å². The van der Waals surface area contributed by atoms with Gasteiger partial charge in [0, 0.05) is 16.5 Å². The number of methoxy groups -OCH3 is 2. The van der Waals surface area contributed by atoms with Crippen LogP contribution in [-0.4, -0.2) is 26.1 Å². The quantitative estimate of drug-likeness (QED) is 0.754. The van der Waals surface area contributed by atoms with E-state index in [2.05, 4.69) is 10.1 Å². The molecule has 25 heavy (non-hydrogen) atoms. The van der Waals surface area contributed by atoms with Gasteiger partial charge in [-0.15, -0.1) is 0 Å². The molecule has 0 aliphatic rings. The van der Waals surface area contributed by atoms with Gasteiger partial charge in [-0.05, 0) is 42.3 Å². The highest BCUT2D eigenvalue weighted by atomic mass is 35.5. The first kappa shape index (κ1) is 19.1. The fourth-order valence-corrected chi connectivity index (χ4v) is 2.74. The number of carbonyl (C=O) groups excluding carboxylic acids is 2. The average molecular weight is 382 g/mol. The summed E-state index contributed by atoms with van der Waals surface area (Å²) in [6, 6.07) is 9.82. The second-order valence-corrected chi connectivity index (χ2v) is 6.03. The SMILES string of the molecule is COC(=O)c1ccc(OC)c(NC(=O)CCc2ccc(Cl)cc2Cl)c1. The summed E-state index contributed by atoms with van der Waals surface area (Å²) in [5.41, 5.74) is 1.55. The molecule has 0 radical (unpaired) electrons. The van der Waals surface area contributed by atoms with Crippen LogP contribution in [0.2, 0.25) is 10.0 Å². The van der Waals surface area contributed by atoms with Crippen LogP contribution in [0.4, 0.5) is 5.69 Å². The summed E-state index contributed by atoms with van der Waals surface area (Å²) in [4.78, 5) is 23.9. The predicted molar refractivity (Wildman–Crippen MR) is 97.7 cm³/mol. The maximum Gasteiger partial charge on any atom is 0.337 e. The van der Waals surface area contributed by atoms with Gasteiger partial charge >= 0.3 is 5.97 Å². The zero-order chi connectivity index (χ0) is 18.4. The van der Waals surface area contributed by atoms with Gasteiger partial charge in [-0.2, -0.15) is 0 Å². The lowest BCUT2D eigenvalue weighted by atomic mass is 10.1. The molecule has 0 bridgehead atoms. The van der Waals surface area contributed by atoms with E-state index in [9.17, 15) is 9.59 Å². The summed E-state index contributed by atoms with van der Waals surface area (Å²) >= 11 is 12.0. The molecule has 0 aliphatic heterocycles. The molecule has 0 saturated heterocycles. The molecule has 0 spiro atoms. The minimum Gasteiger partial charge on any atom is -0.495 e. The minimum atomic E-state index is -0.494. The molecule has 0 aliphatic carbocycles. The number of nitrogens with one attached hydrogen (secondary N) is 1. The lowest BCUT2D eigenvalue weighted by Crippen LogP contribution is -2.14. The van der Waals surface area contributed by atoms with E-state index >= 15 is 0 Å². The van der Waals surface area contributed by atoms with Gasteiger partial charge in [0.15, 0.2) is 0 Å². The van der Waals surface area contributed by atoms with Crippen molar-refractivity contribution >= 4 is 40.8 Å². The molecule has 1 N–H and O–H groups in total. The Hall–Kier alpha value is -2.24. The summed E-state index contributed by atoms with van der Waals surface area (Å²) in [7, 11) is 2.77. The zero-order valence-corrected chi connectivity index (χ0v) is 15.3. The fourth-order valence-electron chi connectivity index (χ4n) is 2.24. The highest BCUT2D eigenvalue weighted by Gasteiger charge is 2.13. The Morgan fingerprint density at radius 1 is 1.08 bits per heavy atom. The van der Waals surface area contributed by atoms with Crippen LogP contribution in [0.1, 0.15) is 22.3 Å². The standard InChI is InChI=1S/C18H17Cl2NO4/c1-24-16-7-4-12(18(23)25-2)9-15(16)21-17(22)8-5-11-3-6-13(19)10-14(11)20/h3-4,6-7,9-10H,5,8H2,1-2H3,(H,21,22). The van der Waals surface area contributed by atoms with Crippen LogP contribution in [0, 0.1) is 0 Å². The third-order valence-electron chi connectivity index (χ3n) is 3.53. The summed E-state index contributed by atoms with van der Waals surface area (Å²) in [6.45, 7) is 0. The fraction of sp³-hybridized carbons (Fsp3) is 0.222. The molecule has 2 rings (SSSR count). The van der Waals surface area contributed by atoms with Gasteiger partial charge in [-0.3, -0.25) is 4.79 Å². The number of hydrogen-bond acceptors (Lipinski definition) is 4. The van der Waals surface area contributed by atoms with Crippen LogP contribution >= 0.6 is 23.2 Å². The summed E-state index contributed by atoms with van der Waals surface area (Å²) in [5, 5.41) is 3.80. The van der Waals surface area contributed by atoms with E-state index in [4.69, 9.17) is 27.9 Å². The van der Waals surface area contributed by atoms with Crippen LogP contribution in [0.3, 0.4) is 0 Å². The van der Waals surface area contributed by atoms with Gasteiger partial charge < -0.3 is 14.8 Å². The van der Waals surface area contributed by atoms with Crippen LogP contribution in [0.15, 0.2) is 36.4 Å². The van der Waals surface area contributed by atoms with Crippen molar-refractivity contribution in [2.24, 2.45) is 0 Å². The molecule has 0 fully saturated rings. The van der Waals surface area contributed by atoms with Gasteiger partial charge in [0.25, 0.3) is 0 Å². The molecule has 2 aromatic carbocycles. The van der Waals surface area contributed by atoms with Crippen LogP contribution in [0.5, 0.6) is 5.75 Å². The number of benzene rings is 2. The number of hydrogen-bond donors (Lipinski definition) is 1. The third kappa shape index (κ3) is 5.11. The Morgan fingerprint density at radius 3 is 2.48 bits per heavy atom. The first-order valence-corrected chi connectivity index (χ1v) is 8.20. The van der Waals surface area contributed by atoms with E-state index in [0.29, 0.717) is 33.5 Å². The highest BCUT2D eigenvalue weighted by Crippen LogP contribution is 2.27. The van der Waals surface area contributed by atoms with Crippen LogP contribution in [0.25, 0.3) is 0 Å². The molecule has 0 heterocycles. The first-order valence-electron chi connectivity index (χ1n) is 7.44. The van der Waals surface area contributed by atoms with Crippen molar-refractivity contribution in [1.82, 2.24) is 0 Å². The molecule has 0 atom stereocenters. The normalized spacial score (nSPS) is 10.2. The van der Waals surface area contributed by atoms with Crippen molar-refractivity contribution in [3.05, 3.63) is 57.6 Å². The lowest BCUT2D eigenvalue weighted by Gasteiger charge is -2.12. The van der Waals surface area contributed by atoms with E-state index in [0.717, 1.165) is 5.56 Å². The molecular formula is C18H17Cl2NO4. The predicted octanol–water partition coefficient (Wildman–Crippen LogP) is 4.36. The van der Waals surface area contributed by atoms with Gasteiger partial charge in [0.2, 0.25) is 5.91 Å². The Balaban J connectivity index is 2.07. The molecule has 0 aromatic heterocycles. The van der Waals surface area contributed by atoms with Gasteiger partial charge in [0.05, 0.1) is 25.5 Å². The van der Waals surface area contributed by atoms with Crippen molar-refractivity contribution < 1.29 is 19.1 Å². The van der Waals surface area contributed by atoms with Crippen LogP contribution in [-0.2, 0) is 16.0 Å². The molecule has 1 amide bonds. The maximum absolute atomic E-state index is 12.2. The largest absolute Gasteiger partial charge is 0.495 e. The van der Waals surface area contributed by atoms with E-state index in [-0.39, 0.29) is 12.3 Å². The van der Waals surface area contributed by atoms with E-state index < -0.39 is 5.97 Å². The molecule has 2 aromatic rings. The molecule has 0 saturated carbocycles. The highest BCUT2D eigenvalue weighted by molar-refractivity contribution is 6.35. The number of esters is 1. The number of ether oxygens (including phenoxy) is 2. The molecule has 7 heteroatoms. The second kappa shape index (κ2) is 8.74. The Bertz CT molecular complexity index is 793. The summed E-state index contributed by atoms with van der Waals surface area (Å²) in [6.07, 6.45) is 0.674. The van der Waals surface area contributed by atoms with Crippen LogP contribution < -0.4 is 10.1 Å². The van der Waals surface area contributed by atoms with Gasteiger partial charge in [0.1, 0.15) is 5.75 Å². The smallest absolute Gasteiger partial charge is 0.337 e. The number of anilines is 1. The number of amides is 1. The van der Waals surface area contributed by atoms with Crippen molar-refractivity contribution in [3.8, 4) is 5.75 Å². The Morgan fingerprint density at radius 2 is 1.84 bits per heavy atom. The Labute approximate surface area is 155 Å². The third-order valence-corrected chi connectivity index (χ3v) is 4.12. The number of halogens is 2. The summed E-state index contributed by atoms with van der Waals surface area (Å²) < 4.78 is 9.89. The second-order valence-electron chi connectivity index (χ2n) is 5.19. The minimum absolute atomic E-state index is 0.215. The Kier molecular flexibility index (Phi) is 6.67. The molecule has 0 unspecified atom stereocenters. The zero-order valence-electron chi connectivity index (χ0n) is 13.8. The number of carbonyl (C=O) groups is 2. The topological polar surface area (TPSA) is 64.6 Å². The molecule has 132 valence electrons. The van der Waals surface area contributed by atoms with E-state index in [1.54, 1.807) is 30.3 Å². The lowest BCUT2D eigenvalue weighted by molar-refractivity contribution is -0.116. The van der Waals surface area contributed by atoms with Crippen molar-refractivity contribution in [3.63, 3.8) is 0 Å². The van der Waals surface area contributed by atoms with Crippen molar-refractivity contribution in [2.45, 2.75) is 12.8 Å². The van der Waals surface area contributed by atoms with E-state index in [1.165, 1.54) is 20.3 Å². The number of rotatable bonds is 6. The first-order chi connectivity index (χ1) is 11.9. The maximum atomic E-state index is 12.2. The molecule has 5 nitrogen and oxygen atoms in total. The average Bonchev–Trinajstić information content (AvgIpc) is 2.60. The molecular weight excluding hydrogens is 365 g/mol.